The van der Waals surface area contributed by atoms with Crippen molar-refractivity contribution in [3.8, 4) is 0 Å². The Morgan fingerprint density at radius 1 is 0.340 bits per heavy atom. The molecule has 3 aliphatic rings. The van der Waals surface area contributed by atoms with Crippen LogP contribution in [0.5, 0.6) is 0 Å². The maximum absolute atomic E-state index is 4.45. The van der Waals surface area contributed by atoms with Crippen molar-refractivity contribution < 1.29 is 0 Å². The van der Waals surface area contributed by atoms with Gasteiger partial charge in [0.05, 0.1) is 28.4 Å². The summed E-state index contributed by atoms with van der Waals surface area (Å²) in [7, 11) is 0. The third kappa shape index (κ3) is 4.42. The van der Waals surface area contributed by atoms with Crippen LogP contribution in [0.4, 0.5) is 51.2 Å². The van der Waals surface area contributed by atoms with Gasteiger partial charge >= 0.3 is 0 Å². The second kappa shape index (κ2) is 11.9. The molecule has 6 heteroatoms. The second-order valence-corrected chi connectivity index (χ2v) is 13.9. The summed E-state index contributed by atoms with van der Waals surface area (Å²) in [5.74, 6) is 0. The maximum Gasteiger partial charge on any atom is 0.245 e. The normalized spacial score (nSPS) is 13.5. The lowest BCUT2D eigenvalue weighted by Crippen LogP contribution is -2.76. The highest BCUT2D eigenvalue weighted by molar-refractivity contribution is 7.12. The molecule has 0 radical (unpaired) electrons. The third-order valence-corrected chi connectivity index (χ3v) is 11.2. The van der Waals surface area contributed by atoms with E-state index >= 15 is 0 Å². The molecule has 0 amide bonds. The summed E-state index contributed by atoms with van der Waals surface area (Å²) in [5.41, 5.74) is 18.3. The molecule has 0 fully saturated rings. The minimum Gasteiger partial charge on any atom is -0.309 e. The lowest BCUT2D eigenvalue weighted by atomic mass is 9.20. The highest BCUT2D eigenvalue weighted by Gasteiger charge is 2.48. The van der Waals surface area contributed by atoms with Crippen molar-refractivity contribution in [2.45, 2.75) is 0 Å². The standard InChI is InChI=1S/C47H32B2N4/c1-4-16-33(17-5-1)48-37-22-10-11-23-38(37)49-39-24-12-13-25-41(39)52(34-18-6-2-7-19-34)47-45(49)40(48)32-44-46(47)53(35-20-8-3-9-21-35)43-27-15-14-26-42(43)51(44)36-28-30-50-31-29-36/h1-32H. The smallest absolute Gasteiger partial charge is 0.245 e. The van der Waals surface area contributed by atoms with Crippen molar-refractivity contribution in [2.24, 2.45) is 0 Å². The number of fused-ring (bicyclic) bond motifs is 7. The Morgan fingerprint density at radius 3 is 1.45 bits per heavy atom. The van der Waals surface area contributed by atoms with Crippen LogP contribution in [0.1, 0.15) is 0 Å². The van der Waals surface area contributed by atoms with E-state index in [-0.39, 0.29) is 13.4 Å². The van der Waals surface area contributed by atoms with Gasteiger partial charge in [-0.3, -0.25) is 4.98 Å². The number of anilines is 9. The van der Waals surface area contributed by atoms with E-state index in [1.54, 1.807) is 0 Å². The van der Waals surface area contributed by atoms with E-state index < -0.39 is 0 Å². The molecule has 3 aliphatic heterocycles. The molecular weight excluding hydrogens is 642 g/mol. The van der Waals surface area contributed by atoms with Gasteiger partial charge in [0.1, 0.15) is 0 Å². The van der Waals surface area contributed by atoms with E-state index in [4.69, 9.17) is 0 Å². The maximum atomic E-state index is 4.45. The molecule has 7 aromatic carbocycles. The SMILES string of the molecule is c1ccc(B2c3ccccc3B3c4ccccc4N(c4ccccc4)c4c3c2cc2c4N(c3ccccc3)c3ccccc3N2c2ccncc2)cc1. The average Bonchev–Trinajstić information content (AvgIpc) is 3.24. The van der Waals surface area contributed by atoms with Crippen molar-refractivity contribution in [2.75, 3.05) is 14.7 Å². The summed E-state index contributed by atoms with van der Waals surface area (Å²) in [5, 5.41) is 0. The molecule has 11 rings (SSSR count). The first-order valence-corrected chi connectivity index (χ1v) is 18.3. The van der Waals surface area contributed by atoms with Gasteiger partial charge in [-0.2, -0.15) is 0 Å². The summed E-state index contributed by atoms with van der Waals surface area (Å²) in [6.45, 7) is 0.0778. The van der Waals surface area contributed by atoms with Crippen LogP contribution in [0.25, 0.3) is 0 Å². The molecule has 0 saturated heterocycles. The summed E-state index contributed by atoms with van der Waals surface area (Å²) in [4.78, 5) is 11.9. The first-order chi connectivity index (χ1) is 26.4. The van der Waals surface area contributed by atoms with Gasteiger partial charge in [-0.25, -0.2) is 0 Å². The van der Waals surface area contributed by atoms with Gasteiger partial charge in [-0.05, 0) is 71.6 Å². The van der Waals surface area contributed by atoms with Crippen molar-refractivity contribution in [1.29, 1.82) is 0 Å². The minimum absolute atomic E-state index is 0.0345. The summed E-state index contributed by atoms with van der Waals surface area (Å²) >= 11 is 0. The van der Waals surface area contributed by atoms with Crippen LogP contribution in [0.3, 0.4) is 0 Å². The Kier molecular flexibility index (Phi) is 6.71. The van der Waals surface area contributed by atoms with Crippen LogP contribution in [-0.4, -0.2) is 18.4 Å². The second-order valence-electron chi connectivity index (χ2n) is 13.9. The Hall–Kier alpha value is -6.78. The van der Waals surface area contributed by atoms with Crippen LogP contribution < -0.4 is 47.5 Å². The summed E-state index contributed by atoms with van der Waals surface area (Å²) < 4.78 is 0. The van der Waals surface area contributed by atoms with Crippen LogP contribution in [0, 0.1) is 0 Å². The van der Waals surface area contributed by atoms with Crippen molar-refractivity contribution in [3.05, 3.63) is 194 Å². The van der Waals surface area contributed by atoms with Gasteiger partial charge in [0.15, 0.2) is 0 Å². The molecule has 1 aromatic heterocycles. The molecule has 246 valence electrons. The fraction of sp³-hybridized carbons (Fsp3) is 0. The number of para-hydroxylation sites is 5. The molecule has 0 saturated carbocycles. The van der Waals surface area contributed by atoms with E-state index in [9.17, 15) is 0 Å². The highest BCUT2D eigenvalue weighted by Crippen LogP contribution is 2.58. The van der Waals surface area contributed by atoms with Crippen molar-refractivity contribution in [3.63, 3.8) is 0 Å². The first kappa shape index (κ1) is 29.9. The van der Waals surface area contributed by atoms with Crippen molar-refractivity contribution in [1.82, 2.24) is 4.98 Å². The Labute approximate surface area is 310 Å². The number of nitrogens with zero attached hydrogens (tertiary/aromatic N) is 4. The molecule has 4 heterocycles. The zero-order valence-corrected chi connectivity index (χ0v) is 28.9. The lowest BCUT2D eigenvalue weighted by molar-refractivity contribution is 1.15. The molecular formula is C47H32B2N4. The lowest BCUT2D eigenvalue weighted by Gasteiger charge is -2.48. The Bertz CT molecular complexity index is 2640. The molecule has 0 aliphatic carbocycles. The predicted octanol–water partition coefficient (Wildman–Crippen LogP) is 7.46. The number of rotatable bonds is 4. The number of hydrogen-bond donors (Lipinski definition) is 0. The fourth-order valence-electron chi connectivity index (χ4n) is 9.14. The minimum atomic E-state index is 0.0345. The van der Waals surface area contributed by atoms with Crippen molar-refractivity contribution >= 4 is 97.4 Å². The summed E-state index contributed by atoms with van der Waals surface area (Å²) in [6, 6.07) is 66.6. The molecule has 0 bridgehead atoms. The molecule has 8 aromatic rings. The van der Waals surface area contributed by atoms with E-state index in [0.717, 1.165) is 39.8 Å². The zero-order chi connectivity index (χ0) is 34.9. The van der Waals surface area contributed by atoms with E-state index in [2.05, 4.69) is 202 Å². The molecule has 4 nitrogen and oxygen atoms in total. The highest BCUT2D eigenvalue weighted by atomic mass is 15.3. The monoisotopic (exact) mass is 674 g/mol. The van der Waals surface area contributed by atoms with Gasteiger partial charge in [0.25, 0.3) is 0 Å². The van der Waals surface area contributed by atoms with Crippen LogP contribution in [0.2, 0.25) is 0 Å². The number of hydrogen-bond acceptors (Lipinski definition) is 4. The van der Waals surface area contributed by atoms with Gasteiger partial charge < -0.3 is 14.7 Å². The molecule has 53 heavy (non-hydrogen) atoms. The van der Waals surface area contributed by atoms with Crippen LogP contribution in [0.15, 0.2) is 194 Å². The summed E-state index contributed by atoms with van der Waals surface area (Å²) in [6.07, 6.45) is 3.80. The van der Waals surface area contributed by atoms with E-state index in [1.165, 1.54) is 44.2 Å². The van der Waals surface area contributed by atoms with E-state index in [0.29, 0.717) is 0 Å². The van der Waals surface area contributed by atoms with Gasteiger partial charge in [0, 0.05) is 35.1 Å². The van der Waals surface area contributed by atoms with Crippen LogP contribution in [-0.2, 0) is 0 Å². The topological polar surface area (TPSA) is 22.6 Å². The number of benzene rings is 7. The molecule has 0 spiro atoms. The number of pyridine rings is 1. The van der Waals surface area contributed by atoms with Gasteiger partial charge in [0.2, 0.25) is 13.4 Å². The average molecular weight is 674 g/mol. The molecule has 0 atom stereocenters. The fourth-order valence-corrected chi connectivity index (χ4v) is 9.14. The first-order valence-electron chi connectivity index (χ1n) is 18.3. The predicted molar refractivity (Wildman–Crippen MR) is 224 cm³/mol. The Morgan fingerprint density at radius 2 is 0.811 bits per heavy atom. The van der Waals surface area contributed by atoms with Gasteiger partial charge in [-0.15, -0.1) is 0 Å². The quantitative estimate of drug-likeness (QED) is 0.181. The largest absolute Gasteiger partial charge is 0.309 e. The third-order valence-electron chi connectivity index (χ3n) is 11.2. The van der Waals surface area contributed by atoms with Gasteiger partial charge in [-0.1, -0.05) is 143 Å². The van der Waals surface area contributed by atoms with Crippen LogP contribution >= 0.6 is 0 Å². The Balaban J connectivity index is 1.36. The molecule has 0 N–H and O–H groups in total. The number of aromatic nitrogens is 1. The van der Waals surface area contributed by atoms with E-state index in [1.807, 2.05) is 12.4 Å². The zero-order valence-electron chi connectivity index (χ0n) is 28.9. The molecule has 0 unspecified atom stereocenters.